The van der Waals surface area contributed by atoms with Gasteiger partial charge < -0.3 is 20.4 Å². The minimum atomic E-state index is -1.42. The van der Waals surface area contributed by atoms with Gasteiger partial charge in [0.25, 0.3) is 0 Å². The van der Waals surface area contributed by atoms with Gasteiger partial charge in [0.15, 0.2) is 0 Å². The highest BCUT2D eigenvalue weighted by Gasteiger charge is 2.28. The summed E-state index contributed by atoms with van der Waals surface area (Å²) < 4.78 is 0. The van der Waals surface area contributed by atoms with Crippen molar-refractivity contribution in [3.05, 3.63) is 0 Å². The largest absolute Gasteiger partial charge is 0.481 e. The molecule has 1 atom stereocenters. The molecule has 0 radical (unpaired) electrons. The minimum Gasteiger partial charge on any atom is -0.481 e. The van der Waals surface area contributed by atoms with E-state index in [1.165, 1.54) is 6.92 Å². The SMILES string of the molecule is CCN(C(=O)NCC(C)(O)CC(=O)O)C1CCCC1. The van der Waals surface area contributed by atoms with Crippen LogP contribution in [0.25, 0.3) is 0 Å². The number of urea groups is 1. The van der Waals surface area contributed by atoms with E-state index < -0.39 is 11.6 Å². The van der Waals surface area contributed by atoms with E-state index in [9.17, 15) is 14.7 Å². The third-order valence-electron chi connectivity index (χ3n) is 3.52. The van der Waals surface area contributed by atoms with Crippen LogP contribution in [0.5, 0.6) is 0 Å². The molecule has 110 valence electrons. The number of carbonyl (C=O) groups is 2. The molecule has 0 heterocycles. The molecule has 0 aliphatic heterocycles. The zero-order valence-corrected chi connectivity index (χ0v) is 11.7. The smallest absolute Gasteiger partial charge is 0.317 e. The first kappa shape index (κ1) is 15.8. The fourth-order valence-corrected chi connectivity index (χ4v) is 2.54. The lowest BCUT2D eigenvalue weighted by Crippen LogP contribution is -2.50. The van der Waals surface area contributed by atoms with Gasteiger partial charge in [-0.05, 0) is 26.7 Å². The molecule has 1 aliphatic carbocycles. The molecule has 1 aliphatic rings. The van der Waals surface area contributed by atoms with Crippen LogP contribution in [-0.4, -0.2) is 51.8 Å². The molecule has 0 aromatic carbocycles. The lowest BCUT2D eigenvalue weighted by molar-refractivity contribution is -0.141. The number of carboxylic acids is 1. The van der Waals surface area contributed by atoms with E-state index in [2.05, 4.69) is 5.32 Å². The fourth-order valence-electron chi connectivity index (χ4n) is 2.54. The van der Waals surface area contributed by atoms with Crippen molar-refractivity contribution >= 4 is 12.0 Å². The maximum absolute atomic E-state index is 12.1. The number of rotatable bonds is 6. The first-order valence-electron chi connectivity index (χ1n) is 6.84. The number of nitrogens with zero attached hydrogens (tertiary/aromatic N) is 1. The standard InChI is InChI=1S/C13H24N2O4/c1-3-15(10-6-4-5-7-10)12(18)14-9-13(2,19)8-11(16)17/h10,19H,3-9H2,1-2H3,(H,14,18)(H,16,17). The number of hydrogen-bond acceptors (Lipinski definition) is 3. The van der Waals surface area contributed by atoms with Gasteiger partial charge >= 0.3 is 12.0 Å². The Morgan fingerprint density at radius 2 is 1.95 bits per heavy atom. The molecule has 0 bridgehead atoms. The molecule has 1 rings (SSSR count). The summed E-state index contributed by atoms with van der Waals surface area (Å²) in [7, 11) is 0. The summed E-state index contributed by atoms with van der Waals surface area (Å²) in [5, 5.41) is 21.1. The van der Waals surface area contributed by atoms with Crippen molar-refractivity contribution < 1.29 is 19.8 Å². The van der Waals surface area contributed by atoms with Gasteiger partial charge in [0.1, 0.15) is 0 Å². The van der Waals surface area contributed by atoms with Gasteiger partial charge in [-0.25, -0.2) is 4.79 Å². The van der Waals surface area contributed by atoms with Gasteiger partial charge in [-0.2, -0.15) is 0 Å². The summed E-state index contributed by atoms with van der Waals surface area (Å²) in [6.07, 6.45) is 3.94. The summed E-state index contributed by atoms with van der Waals surface area (Å²) in [6, 6.07) is 0.0505. The van der Waals surface area contributed by atoms with E-state index in [1.807, 2.05) is 6.92 Å². The summed E-state index contributed by atoms with van der Waals surface area (Å²) in [5.41, 5.74) is -1.42. The van der Waals surface area contributed by atoms with Crippen LogP contribution in [0, 0.1) is 0 Å². The summed E-state index contributed by atoms with van der Waals surface area (Å²) in [5.74, 6) is -1.08. The second-order valence-electron chi connectivity index (χ2n) is 5.45. The summed E-state index contributed by atoms with van der Waals surface area (Å²) in [4.78, 5) is 24.4. The van der Waals surface area contributed by atoms with Crippen LogP contribution in [0.4, 0.5) is 4.79 Å². The van der Waals surface area contributed by atoms with E-state index in [0.29, 0.717) is 6.54 Å². The number of nitrogens with one attached hydrogen (secondary N) is 1. The predicted octanol–water partition coefficient (Wildman–Crippen LogP) is 1.19. The van der Waals surface area contributed by atoms with Gasteiger partial charge in [-0.3, -0.25) is 4.79 Å². The maximum Gasteiger partial charge on any atom is 0.317 e. The molecule has 6 heteroatoms. The van der Waals surface area contributed by atoms with Crippen LogP contribution in [0.2, 0.25) is 0 Å². The molecule has 2 amide bonds. The number of aliphatic carboxylic acids is 1. The second kappa shape index (κ2) is 6.75. The first-order valence-corrected chi connectivity index (χ1v) is 6.84. The molecule has 6 nitrogen and oxygen atoms in total. The molecule has 0 saturated heterocycles. The number of carboxylic acid groups (broad SMARTS) is 1. The summed E-state index contributed by atoms with van der Waals surface area (Å²) >= 11 is 0. The molecular formula is C13H24N2O4. The van der Waals surface area contributed by atoms with Crippen LogP contribution in [0.3, 0.4) is 0 Å². The van der Waals surface area contributed by atoms with E-state index >= 15 is 0 Å². The van der Waals surface area contributed by atoms with Crippen molar-refractivity contribution in [1.82, 2.24) is 10.2 Å². The van der Waals surface area contributed by atoms with Crippen molar-refractivity contribution in [2.24, 2.45) is 0 Å². The van der Waals surface area contributed by atoms with Gasteiger partial charge in [-0.1, -0.05) is 12.8 Å². The Morgan fingerprint density at radius 3 is 2.42 bits per heavy atom. The highest BCUT2D eigenvalue weighted by Crippen LogP contribution is 2.23. The zero-order chi connectivity index (χ0) is 14.5. The number of amides is 2. The van der Waals surface area contributed by atoms with Crippen LogP contribution < -0.4 is 5.32 Å². The second-order valence-corrected chi connectivity index (χ2v) is 5.45. The lowest BCUT2D eigenvalue weighted by atomic mass is 10.0. The van der Waals surface area contributed by atoms with Crippen molar-refractivity contribution in [2.45, 2.75) is 57.6 Å². The van der Waals surface area contributed by atoms with E-state index in [1.54, 1.807) is 4.90 Å². The highest BCUT2D eigenvalue weighted by molar-refractivity contribution is 5.75. The average Bonchev–Trinajstić information content (AvgIpc) is 2.79. The third kappa shape index (κ3) is 5.06. The topological polar surface area (TPSA) is 89.9 Å². The predicted molar refractivity (Wildman–Crippen MR) is 70.9 cm³/mol. The van der Waals surface area contributed by atoms with Crippen LogP contribution >= 0.6 is 0 Å². The lowest BCUT2D eigenvalue weighted by Gasteiger charge is -2.30. The van der Waals surface area contributed by atoms with E-state index in [-0.39, 0.29) is 25.0 Å². The molecule has 0 spiro atoms. The molecule has 0 aromatic heterocycles. The Hall–Kier alpha value is -1.30. The first-order chi connectivity index (χ1) is 8.85. The third-order valence-corrected chi connectivity index (χ3v) is 3.52. The molecule has 1 unspecified atom stereocenters. The average molecular weight is 272 g/mol. The zero-order valence-electron chi connectivity index (χ0n) is 11.7. The maximum atomic E-state index is 12.1. The Balaban J connectivity index is 2.46. The van der Waals surface area contributed by atoms with Crippen LogP contribution in [0.1, 0.15) is 46.0 Å². The van der Waals surface area contributed by atoms with E-state index in [0.717, 1.165) is 25.7 Å². The monoisotopic (exact) mass is 272 g/mol. The van der Waals surface area contributed by atoms with Gasteiger partial charge in [-0.15, -0.1) is 0 Å². The van der Waals surface area contributed by atoms with Gasteiger partial charge in [0, 0.05) is 19.1 Å². The Bertz CT molecular complexity index is 325. The van der Waals surface area contributed by atoms with Gasteiger partial charge in [0.2, 0.25) is 0 Å². The molecule has 1 fully saturated rings. The highest BCUT2D eigenvalue weighted by atomic mass is 16.4. The Morgan fingerprint density at radius 1 is 1.37 bits per heavy atom. The number of carbonyl (C=O) groups excluding carboxylic acids is 1. The molecule has 0 aromatic rings. The fraction of sp³-hybridized carbons (Fsp3) is 0.846. The molecular weight excluding hydrogens is 248 g/mol. The Kier molecular flexibility index (Phi) is 5.60. The molecule has 19 heavy (non-hydrogen) atoms. The van der Waals surface area contributed by atoms with Crippen molar-refractivity contribution in [3.63, 3.8) is 0 Å². The van der Waals surface area contributed by atoms with Crippen molar-refractivity contribution in [1.29, 1.82) is 0 Å². The van der Waals surface area contributed by atoms with Crippen molar-refractivity contribution in [2.75, 3.05) is 13.1 Å². The molecule has 1 saturated carbocycles. The minimum absolute atomic E-state index is 0.0542. The van der Waals surface area contributed by atoms with Gasteiger partial charge in [0.05, 0.1) is 12.0 Å². The Labute approximate surface area is 113 Å². The van der Waals surface area contributed by atoms with Crippen molar-refractivity contribution in [3.8, 4) is 0 Å². The number of aliphatic hydroxyl groups is 1. The normalized spacial score (nSPS) is 18.9. The van der Waals surface area contributed by atoms with E-state index in [4.69, 9.17) is 5.11 Å². The van der Waals surface area contributed by atoms with Crippen LogP contribution in [0.15, 0.2) is 0 Å². The summed E-state index contributed by atoms with van der Waals surface area (Å²) in [6.45, 7) is 3.90. The number of hydrogen-bond donors (Lipinski definition) is 3. The van der Waals surface area contributed by atoms with Crippen LogP contribution in [-0.2, 0) is 4.79 Å². The quantitative estimate of drug-likeness (QED) is 0.677. The molecule has 3 N–H and O–H groups in total.